The zero-order chi connectivity index (χ0) is 11.6. The van der Waals surface area contributed by atoms with Crippen molar-refractivity contribution in [3.63, 3.8) is 0 Å². The molecule has 1 aromatic rings. The fourth-order valence-electron chi connectivity index (χ4n) is 1.55. The third-order valence-electron chi connectivity index (χ3n) is 2.56. The van der Waals surface area contributed by atoms with Crippen LogP contribution >= 0.6 is 0 Å². The van der Waals surface area contributed by atoms with Crippen LogP contribution in [0.1, 0.15) is 44.3 Å². The Morgan fingerprint density at radius 3 is 2.75 bits per heavy atom. The Morgan fingerprint density at radius 2 is 2.06 bits per heavy atom. The molecule has 4 heteroatoms. The molecule has 0 aliphatic carbocycles. The summed E-state index contributed by atoms with van der Waals surface area (Å²) in [6, 6.07) is 0.256. The second-order valence-corrected chi connectivity index (χ2v) is 3.94. The van der Waals surface area contributed by atoms with Gasteiger partial charge in [0.1, 0.15) is 0 Å². The minimum atomic E-state index is 0.256. The molecule has 1 unspecified atom stereocenters. The molecule has 4 nitrogen and oxygen atoms in total. The van der Waals surface area contributed by atoms with E-state index in [2.05, 4.69) is 22.2 Å². The minimum Gasteiger partial charge on any atom is -0.396 e. The molecule has 0 spiro atoms. The van der Waals surface area contributed by atoms with Crippen LogP contribution in [-0.4, -0.2) is 28.2 Å². The van der Waals surface area contributed by atoms with Crippen molar-refractivity contribution in [2.45, 2.75) is 38.6 Å². The van der Waals surface area contributed by atoms with Crippen molar-refractivity contribution in [2.75, 3.05) is 13.2 Å². The van der Waals surface area contributed by atoms with Crippen LogP contribution in [0.4, 0.5) is 0 Å². The highest BCUT2D eigenvalue weighted by atomic mass is 16.2. The van der Waals surface area contributed by atoms with Gasteiger partial charge >= 0.3 is 0 Å². The summed E-state index contributed by atoms with van der Waals surface area (Å²) in [6.45, 7) is 3.39. The first kappa shape index (κ1) is 13.1. The van der Waals surface area contributed by atoms with E-state index >= 15 is 0 Å². The molecule has 1 rings (SSSR count). The summed E-state index contributed by atoms with van der Waals surface area (Å²) in [6.07, 6.45) is 9.53. The molecule has 90 valence electrons. The van der Waals surface area contributed by atoms with Gasteiger partial charge in [-0.3, -0.25) is 9.97 Å². The minimum absolute atomic E-state index is 0.256. The number of nitrogens with one attached hydrogen (secondary N) is 1. The Bertz CT molecular complexity index is 266. The number of aliphatic hydroxyl groups excluding tert-OH is 1. The zero-order valence-electron chi connectivity index (χ0n) is 9.89. The Kier molecular flexibility index (Phi) is 6.69. The molecule has 0 saturated heterocycles. The van der Waals surface area contributed by atoms with E-state index in [0.717, 1.165) is 31.5 Å². The van der Waals surface area contributed by atoms with Crippen LogP contribution in [0.5, 0.6) is 0 Å². The van der Waals surface area contributed by atoms with E-state index in [-0.39, 0.29) is 6.04 Å². The molecule has 0 aliphatic heterocycles. The second kappa shape index (κ2) is 8.19. The lowest BCUT2D eigenvalue weighted by Gasteiger charge is -2.12. The third kappa shape index (κ3) is 5.19. The van der Waals surface area contributed by atoms with Crippen molar-refractivity contribution in [1.29, 1.82) is 0 Å². The van der Waals surface area contributed by atoms with E-state index in [9.17, 15) is 0 Å². The number of nitrogens with zero attached hydrogens (tertiary/aromatic N) is 2. The topological polar surface area (TPSA) is 58.0 Å². The van der Waals surface area contributed by atoms with Gasteiger partial charge < -0.3 is 10.4 Å². The first-order valence-electron chi connectivity index (χ1n) is 5.94. The molecule has 2 N–H and O–H groups in total. The van der Waals surface area contributed by atoms with E-state index < -0.39 is 0 Å². The van der Waals surface area contributed by atoms with Gasteiger partial charge in [-0.15, -0.1) is 0 Å². The van der Waals surface area contributed by atoms with Gasteiger partial charge in [-0.05, 0) is 26.3 Å². The van der Waals surface area contributed by atoms with E-state index in [1.165, 1.54) is 6.42 Å². The van der Waals surface area contributed by atoms with Crippen LogP contribution < -0.4 is 5.32 Å². The van der Waals surface area contributed by atoms with Crippen LogP contribution in [0.2, 0.25) is 0 Å². The Hall–Kier alpha value is -1.00. The summed E-state index contributed by atoms with van der Waals surface area (Å²) in [7, 11) is 0. The molecule has 0 amide bonds. The number of unbranched alkanes of at least 4 members (excludes halogenated alkanes) is 3. The molecular weight excluding hydrogens is 202 g/mol. The van der Waals surface area contributed by atoms with Crippen molar-refractivity contribution in [1.82, 2.24) is 15.3 Å². The Balaban J connectivity index is 2.09. The van der Waals surface area contributed by atoms with Crippen molar-refractivity contribution in [2.24, 2.45) is 0 Å². The van der Waals surface area contributed by atoms with Gasteiger partial charge in [0.05, 0.1) is 5.69 Å². The lowest BCUT2D eigenvalue weighted by atomic mass is 10.2. The maximum absolute atomic E-state index is 8.63. The molecular formula is C12H21N3O. The van der Waals surface area contributed by atoms with E-state index in [1.807, 2.05) is 0 Å². The highest BCUT2D eigenvalue weighted by Crippen LogP contribution is 2.06. The standard InChI is InChI=1S/C12H21N3O/c1-11(12-10-13-7-8-15-12)14-6-4-2-3-5-9-16/h7-8,10-11,14,16H,2-6,9H2,1H3. The molecule has 1 aromatic heterocycles. The normalized spacial score (nSPS) is 12.6. The number of rotatable bonds is 8. The van der Waals surface area contributed by atoms with Gasteiger partial charge in [0, 0.05) is 31.2 Å². The lowest BCUT2D eigenvalue weighted by molar-refractivity contribution is 0.282. The summed E-state index contributed by atoms with van der Waals surface area (Å²) >= 11 is 0. The van der Waals surface area contributed by atoms with Crippen molar-refractivity contribution in [3.8, 4) is 0 Å². The number of aromatic nitrogens is 2. The molecule has 0 aliphatic rings. The van der Waals surface area contributed by atoms with Crippen LogP contribution in [-0.2, 0) is 0 Å². The smallest absolute Gasteiger partial charge is 0.0753 e. The zero-order valence-corrected chi connectivity index (χ0v) is 9.89. The molecule has 0 radical (unpaired) electrons. The van der Waals surface area contributed by atoms with Crippen LogP contribution in [0.15, 0.2) is 18.6 Å². The molecule has 0 fully saturated rings. The molecule has 0 aromatic carbocycles. The third-order valence-corrected chi connectivity index (χ3v) is 2.56. The highest BCUT2D eigenvalue weighted by Gasteiger charge is 2.04. The maximum Gasteiger partial charge on any atom is 0.0753 e. The molecule has 0 saturated carbocycles. The predicted octanol–water partition coefficient (Wildman–Crippen LogP) is 1.68. The number of hydrogen-bond donors (Lipinski definition) is 2. The van der Waals surface area contributed by atoms with Gasteiger partial charge in [0.2, 0.25) is 0 Å². The van der Waals surface area contributed by atoms with E-state index in [1.54, 1.807) is 18.6 Å². The van der Waals surface area contributed by atoms with Gasteiger partial charge in [-0.2, -0.15) is 0 Å². The quantitative estimate of drug-likeness (QED) is 0.658. The number of aliphatic hydroxyl groups is 1. The molecule has 16 heavy (non-hydrogen) atoms. The Labute approximate surface area is 97.1 Å². The van der Waals surface area contributed by atoms with E-state index in [4.69, 9.17) is 5.11 Å². The fraction of sp³-hybridized carbons (Fsp3) is 0.667. The summed E-state index contributed by atoms with van der Waals surface area (Å²) in [5, 5.41) is 12.0. The van der Waals surface area contributed by atoms with Crippen molar-refractivity contribution in [3.05, 3.63) is 24.3 Å². The SMILES string of the molecule is CC(NCCCCCCO)c1cnccn1. The highest BCUT2D eigenvalue weighted by molar-refractivity contribution is 5.00. The first-order chi connectivity index (χ1) is 7.84. The van der Waals surface area contributed by atoms with Gasteiger partial charge in [-0.1, -0.05) is 12.8 Å². The van der Waals surface area contributed by atoms with Crippen LogP contribution in [0.3, 0.4) is 0 Å². The van der Waals surface area contributed by atoms with Gasteiger partial charge in [0.15, 0.2) is 0 Å². The van der Waals surface area contributed by atoms with E-state index in [0.29, 0.717) is 6.61 Å². The molecule has 1 heterocycles. The monoisotopic (exact) mass is 223 g/mol. The Morgan fingerprint density at radius 1 is 1.25 bits per heavy atom. The summed E-state index contributed by atoms with van der Waals surface area (Å²) in [4.78, 5) is 8.29. The number of hydrogen-bond acceptors (Lipinski definition) is 4. The largest absolute Gasteiger partial charge is 0.396 e. The van der Waals surface area contributed by atoms with Crippen LogP contribution in [0, 0.1) is 0 Å². The molecule has 0 bridgehead atoms. The summed E-state index contributed by atoms with van der Waals surface area (Å²) < 4.78 is 0. The van der Waals surface area contributed by atoms with Gasteiger partial charge in [0.25, 0.3) is 0 Å². The summed E-state index contributed by atoms with van der Waals surface area (Å²) in [5.41, 5.74) is 0.984. The van der Waals surface area contributed by atoms with Crippen molar-refractivity contribution >= 4 is 0 Å². The average molecular weight is 223 g/mol. The van der Waals surface area contributed by atoms with Crippen LogP contribution in [0.25, 0.3) is 0 Å². The summed E-state index contributed by atoms with van der Waals surface area (Å²) in [5.74, 6) is 0. The maximum atomic E-state index is 8.63. The average Bonchev–Trinajstić information content (AvgIpc) is 2.34. The molecule has 1 atom stereocenters. The predicted molar refractivity (Wildman–Crippen MR) is 64.0 cm³/mol. The second-order valence-electron chi connectivity index (χ2n) is 3.94. The van der Waals surface area contributed by atoms with Gasteiger partial charge in [-0.25, -0.2) is 0 Å². The first-order valence-corrected chi connectivity index (χ1v) is 5.94. The lowest BCUT2D eigenvalue weighted by Crippen LogP contribution is -2.20. The van der Waals surface area contributed by atoms with Crippen molar-refractivity contribution < 1.29 is 5.11 Å². The fourth-order valence-corrected chi connectivity index (χ4v) is 1.55.